The molecule has 4 atom stereocenters. The summed E-state index contributed by atoms with van der Waals surface area (Å²) < 4.78 is 0. The van der Waals surface area contributed by atoms with Gasteiger partial charge in [0.1, 0.15) is 5.78 Å². The van der Waals surface area contributed by atoms with Gasteiger partial charge in [0.15, 0.2) is 0 Å². The number of hydrogen-bond donors (Lipinski definition) is 0. The lowest BCUT2D eigenvalue weighted by Gasteiger charge is -2.18. The molecular formula is C19H28O. The van der Waals surface area contributed by atoms with Gasteiger partial charge in [0, 0.05) is 5.92 Å². The number of ketones is 1. The molecule has 0 aliphatic heterocycles. The molecule has 1 aliphatic carbocycles. The van der Waals surface area contributed by atoms with Crippen molar-refractivity contribution >= 4 is 5.78 Å². The molecule has 1 heteroatoms. The summed E-state index contributed by atoms with van der Waals surface area (Å²) in [6, 6.07) is 10.5. The van der Waals surface area contributed by atoms with Crippen LogP contribution in [0.1, 0.15) is 46.1 Å². The standard InChI is InChI=1S/C19H28O/c1-13(2)10-14(3)17-12-19(17)18(15(4)20)11-16-8-6-5-7-9-16/h5-9,13-14,17-19H,10-12H2,1-4H3/t14-,17?,18+,19?/m0/s1. The fraction of sp³-hybridized carbons (Fsp3) is 0.632. The molecule has 1 aromatic rings. The van der Waals surface area contributed by atoms with E-state index >= 15 is 0 Å². The summed E-state index contributed by atoms with van der Waals surface area (Å²) in [5.41, 5.74) is 1.30. The van der Waals surface area contributed by atoms with Gasteiger partial charge in [0.05, 0.1) is 0 Å². The van der Waals surface area contributed by atoms with Crippen LogP contribution in [0.4, 0.5) is 0 Å². The maximum atomic E-state index is 12.0. The van der Waals surface area contributed by atoms with Gasteiger partial charge in [0.2, 0.25) is 0 Å². The molecule has 0 bridgehead atoms. The van der Waals surface area contributed by atoms with E-state index in [0.717, 1.165) is 24.2 Å². The predicted octanol–water partition coefficient (Wildman–Crippen LogP) is 4.75. The largest absolute Gasteiger partial charge is 0.300 e. The summed E-state index contributed by atoms with van der Waals surface area (Å²) in [5.74, 6) is 3.53. The van der Waals surface area contributed by atoms with Gasteiger partial charge in [-0.15, -0.1) is 0 Å². The molecular weight excluding hydrogens is 244 g/mol. The third-order valence-electron chi connectivity index (χ3n) is 4.80. The zero-order chi connectivity index (χ0) is 14.7. The van der Waals surface area contributed by atoms with Crippen molar-refractivity contribution in [2.45, 2.75) is 47.0 Å². The SMILES string of the molecule is CC(=O)[C@@H](Cc1ccccc1)C1CC1[C@@H](C)CC(C)C. The van der Waals surface area contributed by atoms with Crippen LogP contribution < -0.4 is 0 Å². The molecule has 110 valence electrons. The van der Waals surface area contributed by atoms with E-state index in [1.807, 2.05) is 6.07 Å². The molecule has 0 N–H and O–H groups in total. The Morgan fingerprint density at radius 2 is 1.80 bits per heavy atom. The predicted molar refractivity (Wildman–Crippen MR) is 84.5 cm³/mol. The van der Waals surface area contributed by atoms with E-state index in [2.05, 4.69) is 45.0 Å². The minimum Gasteiger partial charge on any atom is -0.300 e. The zero-order valence-electron chi connectivity index (χ0n) is 13.3. The first-order chi connectivity index (χ1) is 9.49. The van der Waals surface area contributed by atoms with Crippen molar-refractivity contribution in [1.29, 1.82) is 0 Å². The second kappa shape index (κ2) is 6.56. The van der Waals surface area contributed by atoms with Crippen molar-refractivity contribution in [2.24, 2.45) is 29.6 Å². The van der Waals surface area contributed by atoms with E-state index in [1.165, 1.54) is 18.4 Å². The van der Waals surface area contributed by atoms with Gasteiger partial charge in [-0.1, -0.05) is 51.1 Å². The minimum atomic E-state index is 0.233. The molecule has 0 heterocycles. The van der Waals surface area contributed by atoms with Gasteiger partial charge < -0.3 is 0 Å². The van der Waals surface area contributed by atoms with Gasteiger partial charge >= 0.3 is 0 Å². The lowest BCUT2D eigenvalue weighted by Crippen LogP contribution is -2.19. The average molecular weight is 272 g/mol. The highest BCUT2D eigenvalue weighted by Crippen LogP contribution is 2.51. The highest BCUT2D eigenvalue weighted by Gasteiger charge is 2.46. The van der Waals surface area contributed by atoms with Crippen molar-refractivity contribution in [3.05, 3.63) is 35.9 Å². The van der Waals surface area contributed by atoms with E-state index in [0.29, 0.717) is 11.7 Å². The summed E-state index contributed by atoms with van der Waals surface area (Å²) in [7, 11) is 0. The second-order valence-corrected chi connectivity index (χ2v) is 7.08. The molecule has 0 saturated heterocycles. The quantitative estimate of drug-likeness (QED) is 0.700. The smallest absolute Gasteiger partial charge is 0.133 e. The summed E-state index contributed by atoms with van der Waals surface area (Å²) in [4.78, 5) is 12.0. The summed E-state index contributed by atoms with van der Waals surface area (Å²) >= 11 is 0. The summed E-state index contributed by atoms with van der Waals surface area (Å²) in [5, 5.41) is 0. The average Bonchev–Trinajstić information content (AvgIpc) is 3.16. The number of carbonyl (C=O) groups excluding carboxylic acids is 1. The number of hydrogen-bond acceptors (Lipinski definition) is 1. The highest BCUT2D eigenvalue weighted by atomic mass is 16.1. The maximum absolute atomic E-state index is 12.0. The van der Waals surface area contributed by atoms with Crippen molar-refractivity contribution in [3.63, 3.8) is 0 Å². The lowest BCUT2D eigenvalue weighted by atomic mass is 9.86. The van der Waals surface area contributed by atoms with Crippen molar-refractivity contribution in [1.82, 2.24) is 0 Å². The van der Waals surface area contributed by atoms with E-state index < -0.39 is 0 Å². The van der Waals surface area contributed by atoms with Crippen LogP contribution in [-0.4, -0.2) is 5.78 Å². The maximum Gasteiger partial charge on any atom is 0.133 e. The molecule has 1 aromatic carbocycles. The molecule has 0 spiro atoms. The first-order valence-corrected chi connectivity index (χ1v) is 8.03. The normalized spacial score (nSPS) is 24.4. The monoisotopic (exact) mass is 272 g/mol. The fourth-order valence-electron chi connectivity index (χ4n) is 3.74. The molecule has 20 heavy (non-hydrogen) atoms. The lowest BCUT2D eigenvalue weighted by molar-refractivity contribution is -0.121. The Bertz CT molecular complexity index is 434. The van der Waals surface area contributed by atoms with Gasteiger partial charge in [-0.3, -0.25) is 4.79 Å². The Kier molecular flexibility index (Phi) is 5.01. The molecule has 0 radical (unpaired) electrons. The van der Waals surface area contributed by atoms with Crippen LogP contribution in [-0.2, 0) is 11.2 Å². The molecule has 1 saturated carbocycles. The zero-order valence-corrected chi connectivity index (χ0v) is 13.3. The Hall–Kier alpha value is -1.11. The number of benzene rings is 1. The van der Waals surface area contributed by atoms with Gasteiger partial charge in [-0.2, -0.15) is 0 Å². The van der Waals surface area contributed by atoms with Gasteiger partial charge in [-0.25, -0.2) is 0 Å². The highest BCUT2D eigenvalue weighted by molar-refractivity contribution is 5.79. The summed E-state index contributed by atoms with van der Waals surface area (Å²) in [6.07, 6.45) is 3.47. The molecule has 1 aliphatic rings. The van der Waals surface area contributed by atoms with E-state index in [9.17, 15) is 4.79 Å². The first kappa shape index (κ1) is 15.3. The van der Waals surface area contributed by atoms with Crippen LogP contribution in [0.15, 0.2) is 30.3 Å². The van der Waals surface area contributed by atoms with Crippen LogP contribution in [0, 0.1) is 29.6 Å². The number of rotatable bonds is 7. The van der Waals surface area contributed by atoms with Crippen LogP contribution in [0.2, 0.25) is 0 Å². The van der Waals surface area contributed by atoms with E-state index in [4.69, 9.17) is 0 Å². The topological polar surface area (TPSA) is 17.1 Å². The second-order valence-electron chi connectivity index (χ2n) is 7.08. The third-order valence-corrected chi connectivity index (χ3v) is 4.80. The van der Waals surface area contributed by atoms with Crippen molar-refractivity contribution in [2.75, 3.05) is 0 Å². The molecule has 2 rings (SSSR count). The number of carbonyl (C=O) groups is 1. The summed E-state index contributed by atoms with van der Waals surface area (Å²) in [6.45, 7) is 8.72. The Balaban J connectivity index is 1.96. The minimum absolute atomic E-state index is 0.233. The first-order valence-electron chi connectivity index (χ1n) is 8.03. The Morgan fingerprint density at radius 1 is 1.15 bits per heavy atom. The number of Topliss-reactive ketones (excluding diaryl/α,β-unsaturated/α-hetero) is 1. The van der Waals surface area contributed by atoms with Gasteiger partial charge in [0.25, 0.3) is 0 Å². The Labute approximate surface area is 123 Å². The third kappa shape index (κ3) is 3.94. The Morgan fingerprint density at radius 3 is 2.35 bits per heavy atom. The van der Waals surface area contributed by atoms with Crippen LogP contribution in [0.3, 0.4) is 0 Å². The van der Waals surface area contributed by atoms with Crippen LogP contribution >= 0.6 is 0 Å². The van der Waals surface area contributed by atoms with Crippen molar-refractivity contribution in [3.8, 4) is 0 Å². The molecule has 0 amide bonds. The molecule has 0 aromatic heterocycles. The van der Waals surface area contributed by atoms with E-state index in [1.54, 1.807) is 6.92 Å². The van der Waals surface area contributed by atoms with Crippen molar-refractivity contribution < 1.29 is 4.79 Å². The molecule has 1 nitrogen and oxygen atoms in total. The van der Waals surface area contributed by atoms with Crippen LogP contribution in [0.5, 0.6) is 0 Å². The van der Waals surface area contributed by atoms with Gasteiger partial charge in [-0.05, 0) is 55.4 Å². The fourth-order valence-corrected chi connectivity index (χ4v) is 3.74. The van der Waals surface area contributed by atoms with E-state index in [-0.39, 0.29) is 5.92 Å². The molecule has 2 unspecified atom stereocenters. The van der Waals surface area contributed by atoms with Crippen LogP contribution in [0.25, 0.3) is 0 Å². The molecule has 1 fully saturated rings.